The first kappa shape index (κ1) is 20.9. The number of nitrogens with zero attached hydrogens (tertiary/aromatic N) is 3. The Morgan fingerprint density at radius 3 is 2.13 bits per heavy atom. The van der Waals surface area contributed by atoms with E-state index in [-0.39, 0.29) is 11.8 Å². The molecule has 7 heteroatoms. The Kier molecular flexibility index (Phi) is 6.21. The van der Waals surface area contributed by atoms with E-state index in [0.29, 0.717) is 45.7 Å². The van der Waals surface area contributed by atoms with Gasteiger partial charge in [-0.1, -0.05) is 42.5 Å². The number of ether oxygens (including phenoxy) is 1. The lowest BCUT2D eigenvalue weighted by atomic mass is 10.1. The van der Waals surface area contributed by atoms with Gasteiger partial charge in [0.25, 0.3) is 0 Å². The summed E-state index contributed by atoms with van der Waals surface area (Å²) in [6.07, 6.45) is 0.417. The van der Waals surface area contributed by atoms with Crippen molar-refractivity contribution in [1.82, 2.24) is 14.7 Å². The van der Waals surface area contributed by atoms with E-state index in [1.807, 2.05) is 59.5 Å². The van der Waals surface area contributed by atoms with Crippen molar-refractivity contribution >= 4 is 17.7 Å². The highest BCUT2D eigenvalue weighted by atomic mass is 16.5. The van der Waals surface area contributed by atoms with Crippen molar-refractivity contribution in [2.75, 3.05) is 33.3 Å². The van der Waals surface area contributed by atoms with Gasteiger partial charge in [-0.2, -0.15) is 0 Å². The highest BCUT2D eigenvalue weighted by molar-refractivity contribution is 6.35. The number of carbonyl (C=O) groups excluding carboxylic acids is 3. The molecule has 2 aliphatic rings. The van der Waals surface area contributed by atoms with E-state index < -0.39 is 11.8 Å². The Balaban J connectivity index is 1.31. The fourth-order valence-corrected chi connectivity index (χ4v) is 4.24. The van der Waals surface area contributed by atoms with Crippen LogP contribution in [0.25, 0.3) is 0 Å². The summed E-state index contributed by atoms with van der Waals surface area (Å²) in [6, 6.07) is 17.4. The molecule has 0 aliphatic carbocycles. The summed E-state index contributed by atoms with van der Waals surface area (Å²) in [6.45, 7) is 3.02. The third-order valence-corrected chi connectivity index (χ3v) is 5.92. The van der Waals surface area contributed by atoms with Crippen LogP contribution in [0, 0.1) is 5.92 Å². The standard InChI is InChI=1S/C24H27N3O4/c1-31-21-9-7-19(8-10-21)14-25-11-12-26(24(30)23(25)29)16-20-13-22(28)27(17-20)15-18-5-3-2-4-6-18/h2-10,20H,11-17H2,1H3. The molecule has 2 heterocycles. The molecule has 0 bridgehead atoms. The number of methoxy groups -OCH3 is 1. The Labute approximate surface area is 182 Å². The first-order valence-corrected chi connectivity index (χ1v) is 10.6. The molecule has 31 heavy (non-hydrogen) atoms. The largest absolute Gasteiger partial charge is 0.497 e. The second-order valence-corrected chi connectivity index (χ2v) is 8.16. The fraction of sp³-hybridized carbons (Fsp3) is 0.375. The number of hydrogen-bond donors (Lipinski definition) is 0. The maximum absolute atomic E-state index is 12.7. The van der Waals surface area contributed by atoms with Crippen LogP contribution in [0.15, 0.2) is 54.6 Å². The molecule has 4 rings (SSSR count). The van der Waals surface area contributed by atoms with Gasteiger partial charge < -0.3 is 19.4 Å². The molecule has 162 valence electrons. The van der Waals surface area contributed by atoms with Gasteiger partial charge in [-0.3, -0.25) is 14.4 Å². The van der Waals surface area contributed by atoms with E-state index >= 15 is 0 Å². The summed E-state index contributed by atoms with van der Waals surface area (Å²) >= 11 is 0. The molecule has 0 N–H and O–H groups in total. The zero-order chi connectivity index (χ0) is 21.8. The smallest absolute Gasteiger partial charge is 0.312 e. The van der Waals surface area contributed by atoms with Crippen LogP contribution in [0.5, 0.6) is 5.75 Å². The molecule has 2 aromatic rings. The van der Waals surface area contributed by atoms with E-state index in [9.17, 15) is 14.4 Å². The van der Waals surface area contributed by atoms with Crippen molar-refractivity contribution in [3.8, 4) is 5.75 Å². The molecular weight excluding hydrogens is 394 g/mol. The lowest BCUT2D eigenvalue weighted by Gasteiger charge is -2.35. The number of likely N-dealkylation sites (tertiary alicyclic amines) is 1. The van der Waals surface area contributed by atoms with Gasteiger partial charge in [-0.05, 0) is 23.3 Å². The Bertz CT molecular complexity index is 945. The summed E-state index contributed by atoms with van der Waals surface area (Å²) in [5.41, 5.74) is 2.04. The molecule has 2 aliphatic heterocycles. The zero-order valence-corrected chi connectivity index (χ0v) is 17.7. The van der Waals surface area contributed by atoms with Crippen LogP contribution >= 0.6 is 0 Å². The van der Waals surface area contributed by atoms with Crippen molar-refractivity contribution < 1.29 is 19.1 Å². The molecule has 1 atom stereocenters. The maximum Gasteiger partial charge on any atom is 0.312 e. The molecule has 0 aromatic heterocycles. The number of benzene rings is 2. The highest BCUT2D eigenvalue weighted by Crippen LogP contribution is 2.23. The molecule has 7 nitrogen and oxygen atoms in total. The molecule has 3 amide bonds. The monoisotopic (exact) mass is 421 g/mol. The van der Waals surface area contributed by atoms with Crippen molar-refractivity contribution in [3.05, 3.63) is 65.7 Å². The highest BCUT2D eigenvalue weighted by Gasteiger charge is 2.37. The summed E-state index contributed by atoms with van der Waals surface area (Å²) in [5, 5.41) is 0. The molecule has 0 saturated carbocycles. The first-order chi connectivity index (χ1) is 15.0. The molecule has 2 saturated heterocycles. The summed E-state index contributed by atoms with van der Waals surface area (Å²) in [4.78, 5) is 42.8. The van der Waals surface area contributed by atoms with Gasteiger partial charge in [-0.25, -0.2) is 0 Å². The number of amides is 3. The van der Waals surface area contributed by atoms with Gasteiger partial charge in [0.2, 0.25) is 5.91 Å². The predicted octanol–water partition coefficient (Wildman–Crippen LogP) is 1.91. The van der Waals surface area contributed by atoms with Crippen LogP contribution in [0.4, 0.5) is 0 Å². The first-order valence-electron chi connectivity index (χ1n) is 10.6. The average Bonchev–Trinajstić information content (AvgIpc) is 3.13. The Morgan fingerprint density at radius 1 is 0.806 bits per heavy atom. The zero-order valence-electron chi connectivity index (χ0n) is 17.7. The molecular formula is C24H27N3O4. The van der Waals surface area contributed by atoms with Gasteiger partial charge >= 0.3 is 11.8 Å². The van der Waals surface area contributed by atoms with E-state index in [4.69, 9.17) is 4.74 Å². The van der Waals surface area contributed by atoms with Gasteiger partial charge in [0.15, 0.2) is 0 Å². The quantitative estimate of drug-likeness (QED) is 0.641. The van der Waals surface area contributed by atoms with Crippen molar-refractivity contribution in [3.63, 3.8) is 0 Å². The topological polar surface area (TPSA) is 70.2 Å². The number of rotatable bonds is 7. The van der Waals surface area contributed by atoms with Crippen LogP contribution in [0.2, 0.25) is 0 Å². The van der Waals surface area contributed by atoms with Crippen LogP contribution in [-0.2, 0) is 27.5 Å². The summed E-state index contributed by atoms with van der Waals surface area (Å²) in [7, 11) is 1.61. The number of piperazine rings is 1. The number of hydrogen-bond acceptors (Lipinski definition) is 4. The van der Waals surface area contributed by atoms with Gasteiger partial charge in [0, 0.05) is 51.6 Å². The molecule has 2 aromatic carbocycles. The Morgan fingerprint density at radius 2 is 1.42 bits per heavy atom. The summed E-state index contributed by atoms with van der Waals surface area (Å²) in [5.74, 6) is -0.0449. The average molecular weight is 421 g/mol. The normalized spacial score (nSPS) is 19.3. The second kappa shape index (κ2) is 9.20. The van der Waals surface area contributed by atoms with Crippen LogP contribution < -0.4 is 4.74 Å². The maximum atomic E-state index is 12.7. The van der Waals surface area contributed by atoms with E-state index in [2.05, 4.69) is 0 Å². The van der Waals surface area contributed by atoms with E-state index in [1.54, 1.807) is 16.9 Å². The molecule has 1 unspecified atom stereocenters. The minimum absolute atomic E-state index is 0.0566. The molecule has 0 spiro atoms. The lowest BCUT2D eigenvalue weighted by Crippen LogP contribution is -2.55. The van der Waals surface area contributed by atoms with Crippen molar-refractivity contribution in [1.29, 1.82) is 0 Å². The third kappa shape index (κ3) is 4.87. The predicted molar refractivity (Wildman–Crippen MR) is 115 cm³/mol. The SMILES string of the molecule is COc1ccc(CN2CCN(CC3CC(=O)N(Cc4ccccc4)C3)C(=O)C2=O)cc1. The minimum atomic E-state index is -0.479. The fourth-order valence-electron chi connectivity index (χ4n) is 4.24. The third-order valence-electron chi connectivity index (χ3n) is 5.92. The second-order valence-electron chi connectivity index (χ2n) is 8.16. The number of carbonyl (C=O) groups is 3. The lowest BCUT2D eigenvalue weighted by molar-refractivity contribution is -0.156. The van der Waals surface area contributed by atoms with Crippen molar-refractivity contribution in [2.24, 2.45) is 5.92 Å². The van der Waals surface area contributed by atoms with E-state index in [1.165, 1.54) is 0 Å². The van der Waals surface area contributed by atoms with Crippen molar-refractivity contribution in [2.45, 2.75) is 19.5 Å². The van der Waals surface area contributed by atoms with Crippen LogP contribution in [0.1, 0.15) is 17.5 Å². The molecule has 0 radical (unpaired) electrons. The minimum Gasteiger partial charge on any atom is -0.497 e. The Hall–Kier alpha value is -3.35. The van der Waals surface area contributed by atoms with Crippen LogP contribution in [-0.4, -0.2) is 65.7 Å². The van der Waals surface area contributed by atoms with Gasteiger partial charge in [-0.15, -0.1) is 0 Å². The van der Waals surface area contributed by atoms with Gasteiger partial charge in [0.1, 0.15) is 5.75 Å². The van der Waals surface area contributed by atoms with E-state index in [0.717, 1.165) is 16.9 Å². The molecule has 2 fully saturated rings. The summed E-state index contributed by atoms with van der Waals surface area (Å²) < 4.78 is 5.15. The van der Waals surface area contributed by atoms with Gasteiger partial charge in [0.05, 0.1) is 7.11 Å². The van der Waals surface area contributed by atoms with Crippen LogP contribution in [0.3, 0.4) is 0 Å².